The fourth-order valence-corrected chi connectivity index (χ4v) is 3.39. The lowest BCUT2D eigenvalue weighted by atomic mass is 9.99. The number of carbonyl (C=O) groups excluding carboxylic acids is 1. The van der Waals surface area contributed by atoms with Gasteiger partial charge in [0, 0.05) is 37.1 Å². The second kappa shape index (κ2) is 10.1. The molecule has 28 heavy (non-hydrogen) atoms. The Morgan fingerprint density at radius 3 is 2.61 bits per heavy atom. The van der Waals surface area contributed by atoms with Crippen molar-refractivity contribution in [2.75, 3.05) is 35.2 Å². The molecule has 1 aliphatic heterocycles. The summed E-state index contributed by atoms with van der Waals surface area (Å²) in [5.74, 6) is 1.28. The van der Waals surface area contributed by atoms with Crippen molar-refractivity contribution in [3.63, 3.8) is 0 Å². The molecule has 1 aromatic heterocycles. The highest BCUT2D eigenvalue weighted by atomic mass is 16.1. The molecule has 0 unspecified atom stereocenters. The number of hydrogen-bond donors (Lipinski definition) is 2. The molecule has 1 aliphatic rings. The summed E-state index contributed by atoms with van der Waals surface area (Å²) in [6.07, 6.45) is 7.34. The first-order valence-electron chi connectivity index (χ1n) is 10.4. The van der Waals surface area contributed by atoms with Crippen molar-refractivity contribution in [2.45, 2.75) is 46.0 Å². The molecule has 6 heteroatoms. The van der Waals surface area contributed by atoms with Gasteiger partial charge in [-0.05, 0) is 49.4 Å². The van der Waals surface area contributed by atoms with E-state index in [1.165, 1.54) is 37.7 Å². The van der Waals surface area contributed by atoms with Crippen molar-refractivity contribution in [1.82, 2.24) is 9.97 Å². The van der Waals surface area contributed by atoms with E-state index in [-0.39, 0.29) is 5.91 Å². The number of aromatic nitrogens is 2. The van der Waals surface area contributed by atoms with Gasteiger partial charge in [0.2, 0.25) is 0 Å². The first-order chi connectivity index (χ1) is 13.7. The van der Waals surface area contributed by atoms with Gasteiger partial charge in [-0.1, -0.05) is 26.7 Å². The highest BCUT2D eigenvalue weighted by Gasteiger charge is 2.16. The molecular formula is C22H31N5O. The van der Waals surface area contributed by atoms with E-state index in [9.17, 15) is 4.79 Å². The van der Waals surface area contributed by atoms with Crippen molar-refractivity contribution in [3.8, 4) is 0 Å². The molecule has 0 aliphatic carbocycles. The molecule has 0 saturated carbocycles. The number of benzene rings is 1. The van der Waals surface area contributed by atoms with E-state index >= 15 is 0 Å². The fraction of sp³-hybridized carbons (Fsp3) is 0.500. The summed E-state index contributed by atoms with van der Waals surface area (Å²) in [5, 5.41) is 6.17. The summed E-state index contributed by atoms with van der Waals surface area (Å²) in [4.78, 5) is 23.2. The van der Waals surface area contributed by atoms with E-state index in [4.69, 9.17) is 0 Å². The average Bonchev–Trinajstić information content (AvgIpc) is 2.73. The topological polar surface area (TPSA) is 70.2 Å². The van der Waals surface area contributed by atoms with Gasteiger partial charge in [-0.3, -0.25) is 4.79 Å². The number of anilines is 3. The Balaban J connectivity index is 1.55. The fourth-order valence-electron chi connectivity index (χ4n) is 3.39. The van der Waals surface area contributed by atoms with Crippen LogP contribution in [-0.4, -0.2) is 35.5 Å². The summed E-state index contributed by atoms with van der Waals surface area (Å²) in [6.45, 7) is 7.54. The van der Waals surface area contributed by atoms with E-state index in [1.54, 1.807) is 6.07 Å². The van der Waals surface area contributed by atoms with Crippen LogP contribution in [0.25, 0.3) is 0 Å². The Morgan fingerprint density at radius 2 is 1.89 bits per heavy atom. The van der Waals surface area contributed by atoms with E-state index in [1.807, 2.05) is 12.1 Å². The maximum absolute atomic E-state index is 12.5. The SMILES string of the molecule is CCCCCNc1cc(C(=O)Nc2ccc(N3CCC(C)CC3)cc2)ncn1. The van der Waals surface area contributed by atoms with E-state index in [0.717, 1.165) is 37.7 Å². The predicted octanol–water partition coefficient (Wildman–Crippen LogP) is 4.57. The minimum atomic E-state index is -0.224. The van der Waals surface area contributed by atoms with Gasteiger partial charge in [0.15, 0.2) is 0 Å². The third kappa shape index (κ3) is 5.68. The zero-order valence-electron chi connectivity index (χ0n) is 16.9. The van der Waals surface area contributed by atoms with Crippen LogP contribution < -0.4 is 15.5 Å². The molecule has 6 nitrogen and oxygen atoms in total. The normalized spacial score (nSPS) is 14.7. The Morgan fingerprint density at radius 1 is 1.14 bits per heavy atom. The maximum Gasteiger partial charge on any atom is 0.274 e. The van der Waals surface area contributed by atoms with Crippen molar-refractivity contribution in [3.05, 3.63) is 42.4 Å². The van der Waals surface area contributed by atoms with Crippen molar-refractivity contribution in [2.24, 2.45) is 5.92 Å². The molecular weight excluding hydrogens is 350 g/mol. The molecule has 1 aromatic carbocycles. The summed E-state index contributed by atoms with van der Waals surface area (Å²) in [6, 6.07) is 9.76. The highest BCUT2D eigenvalue weighted by Crippen LogP contribution is 2.24. The standard InChI is InChI=1S/C22H31N5O/c1-3-4-5-12-23-21-15-20(24-16-25-21)22(28)26-18-6-8-19(9-7-18)27-13-10-17(2)11-14-27/h6-9,15-17H,3-5,10-14H2,1-2H3,(H,26,28)(H,23,24,25). The number of amides is 1. The predicted molar refractivity (Wildman–Crippen MR) is 115 cm³/mol. The van der Waals surface area contributed by atoms with Crippen LogP contribution in [0.2, 0.25) is 0 Å². The number of unbranched alkanes of at least 4 members (excludes halogenated alkanes) is 2. The molecule has 3 rings (SSSR count). The van der Waals surface area contributed by atoms with Gasteiger partial charge in [0.25, 0.3) is 5.91 Å². The van der Waals surface area contributed by atoms with Crippen LogP contribution in [0.4, 0.5) is 17.2 Å². The van der Waals surface area contributed by atoms with Crippen LogP contribution in [0.15, 0.2) is 36.7 Å². The second-order valence-corrected chi connectivity index (χ2v) is 7.59. The molecule has 0 bridgehead atoms. The van der Waals surface area contributed by atoms with Gasteiger partial charge in [-0.25, -0.2) is 9.97 Å². The number of nitrogens with one attached hydrogen (secondary N) is 2. The molecule has 1 fully saturated rings. The zero-order chi connectivity index (χ0) is 19.8. The molecule has 1 saturated heterocycles. The van der Waals surface area contributed by atoms with Gasteiger partial charge in [-0.2, -0.15) is 0 Å². The lowest BCUT2D eigenvalue weighted by molar-refractivity contribution is 0.102. The monoisotopic (exact) mass is 381 g/mol. The number of hydrogen-bond acceptors (Lipinski definition) is 5. The maximum atomic E-state index is 12.5. The van der Waals surface area contributed by atoms with Gasteiger partial charge >= 0.3 is 0 Å². The van der Waals surface area contributed by atoms with E-state index in [0.29, 0.717) is 11.5 Å². The van der Waals surface area contributed by atoms with Crippen molar-refractivity contribution >= 4 is 23.1 Å². The highest BCUT2D eigenvalue weighted by molar-refractivity contribution is 6.03. The molecule has 1 amide bonds. The molecule has 0 radical (unpaired) electrons. The molecule has 0 spiro atoms. The van der Waals surface area contributed by atoms with Crippen LogP contribution >= 0.6 is 0 Å². The van der Waals surface area contributed by atoms with Crippen LogP contribution in [-0.2, 0) is 0 Å². The third-order valence-corrected chi connectivity index (χ3v) is 5.26. The van der Waals surface area contributed by atoms with Crippen LogP contribution in [0, 0.1) is 5.92 Å². The van der Waals surface area contributed by atoms with E-state index in [2.05, 4.69) is 51.5 Å². The first kappa shape index (κ1) is 20.1. The Labute approximate surface area is 167 Å². The van der Waals surface area contributed by atoms with Gasteiger partial charge < -0.3 is 15.5 Å². The van der Waals surface area contributed by atoms with Gasteiger partial charge in [-0.15, -0.1) is 0 Å². The Hall–Kier alpha value is -2.63. The number of rotatable bonds is 8. The van der Waals surface area contributed by atoms with Crippen LogP contribution in [0.5, 0.6) is 0 Å². The molecule has 2 aromatic rings. The summed E-state index contributed by atoms with van der Waals surface area (Å²) in [5.41, 5.74) is 2.35. The first-order valence-corrected chi connectivity index (χ1v) is 10.4. The molecule has 0 atom stereocenters. The lowest BCUT2D eigenvalue weighted by Gasteiger charge is -2.32. The average molecular weight is 382 g/mol. The zero-order valence-corrected chi connectivity index (χ0v) is 16.9. The van der Waals surface area contributed by atoms with Crippen LogP contribution in [0.3, 0.4) is 0 Å². The quantitative estimate of drug-likeness (QED) is 0.656. The largest absolute Gasteiger partial charge is 0.372 e. The van der Waals surface area contributed by atoms with Crippen LogP contribution in [0.1, 0.15) is 56.4 Å². The summed E-state index contributed by atoms with van der Waals surface area (Å²) in [7, 11) is 0. The number of carbonyl (C=O) groups is 1. The van der Waals surface area contributed by atoms with Crippen molar-refractivity contribution < 1.29 is 4.79 Å². The number of piperidine rings is 1. The lowest BCUT2D eigenvalue weighted by Crippen LogP contribution is -2.32. The minimum Gasteiger partial charge on any atom is -0.372 e. The number of nitrogens with zero attached hydrogens (tertiary/aromatic N) is 3. The summed E-state index contributed by atoms with van der Waals surface area (Å²) < 4.78 is 0. The van der Waals surface area contributed by atoms with Crippen molar-refractivity contribution in [1.29, 1.82) is 0 Å². The Bertz CT molecular complexity index is 754. The summed E-state index contributed by atoms with van der Waals surface area (Å²) >= 11 is 0. The van der Waals surface area contributed by atoms with Gasteiger partial charge in [0.1, 0.15) is 17.8 Å². The van der Waals surface area contributed by atoms with E-state index < -0.39 is 0 Å². The Kier molecular flexibility index (Phi) is 7.23. The smallest absolute Gasteiger partial charge is 0.274 e. The second-order valence-electron chi connectivity index (χ2n) is 7.59. The third-order valence-electron chi connectivity index (χ3n) is 5.26. The van der Waals surface area contributed by atoms with Gasteiger partial charge in [0.05, 0.1) is 0 Å². The minimum absolute atomic E-state index is 0.224. The molecule has 2 heterocycles. The molecule has 2 N–H and O–H groups in total. The molecule has 150 valence electrons.